The summed E-state index contributed by atoms with van der Waals surface area (Å²) < 4.78 is 0. The number of hydrogen-bond donors (Lipinski definition) is 2. The number of anilines is 1. The molecule has 0 saturated carbocycles. The van der Waals surface area contributed by atoms with E-state index in [4.69, 9.17) is 16.4 Å². The predicted molar refractivity (Wildman–Crippen MR) is 58.7 cm³/mol. The van der Waals surface area contributed by atoms with Crippen molar-refractivity contribution < 1.29 is 9.90 Å². The Labute approximate surface area is 91.3 Å². The van der Waals surface area contributed by atoms with E-state index >= 15 is 0 Å². The molecule has 0 aliphatic rings. The SMILES string of the molecule is [N-]=[N+]=NCC#Cc1ccc(C(=O)O)cc1N. The number of aromatic carboxylic acids is 1. The number of benzene rings is 1. The minimum absolute atomic E-state index is 0.0522. The maximum atomic E-state index is 10.6. The van der Waals surface area contributed by atoms with E-state index in [1.807, 2.05) is 0 Å². The van der Waals surface area contributed by atoms with Gasteiger partial charge in [-0.05, 0) is 23.7 Å². The van der Waals surface area contributed by atoms with E-state index in [2.05, 4.69) is 21.9 Å². The summed E-state index contributed by atoms with van der Waals surface area (Å²) in [5.41, 5.74) is 14.5. The van der Waals surface area contributed by atoms with Gasteiger partial charge in [0.25, 0.3) is 0 Å². The van der Waals surface area contributed by atoms with Crippen molar-refractivity contribution >= 4 is 11.7 Å². The summed E-state index contributed by atoms with van der Waals surface area (Å²) in [6, 6.07) is 4.26. The first-order valence-corrected chi connectivity index (χ1v) is 4.27. The van der Waals surface area contributed by atoms with Crippen LogP contribution in [0.3, 0.4) is 0 Å². The average Bonchev–Trinajstić information content (AvgIpc) is 2.26. The summed E-state index contributed by atoms with van der Waals surface area (Å²) in [5, 5.41) is 11.9. The summed E-state index contributed by atoms with van der Waals surface area (Å²) in [6.07, 6.45) is 0. The second-order valence-electron chi connectivity index (χ2n) is 2.80. The molecule has 80 valence electrons. The topological polar surface area (TPSA) is 112 Å². The quantitative estimate of drug-likeness (QED) is 0.257. The number of hydrogen-bond acceptors (Lipinski definition) is 3. The largest absolute Gasteiger partial charge is 0.478 e. The Kier molecular flexibility index (Phi) is 3.78. The molecular formula is C10H8N4O2. The van der Waals surface area contributed by atoms with Gasteiger partial charge in [0.1, 0.15) is 0 Å². The minimum atomic E-state index is -1.04. The maximum absolute atomic E-state index is 10.6. The first-order valence-electron chi connectivity index (χ1n) is 4.27. The Bertz CT molecular complexity index is 521. The number of nitrogen functional groups attached to an aromatic ring is 1. The van der Waals surface area contributed by atoms with Crippen LogP contribution in [0.5, 0.6) is 0 Å². The molecule has 0 fully saturated rings. The molecule has 1 rings (SSSR count). The van der Waals surface area contributed by atoms with Gasteiger partial charge in [0.2, 0.25) is 0 Å². The van der Waals surface area contributed by atoms with Crippen LogP contribution >= 0.6 is 0 Å². The number of carboxylic acids is 1. The van der Waals surface area contributed by atoms with Crippen LogP contribution in [0.4, 0.5) is 5.69 Å². The van der Waals surface area contributed by atoms with Gasteiger partial charge in [0, 0.05) is 16.2 Å². The molecule has 0 heterocycles. The van der Waals surface area contributed by atoms with Crippen molar-refractivity contribution in [3.63, 3.8) is 0 Å². The lowest BCUT2D eigenvalue weighted by Gasteiger charge is -1.99. The summed E-state index contributed by atoms with van der Waals surface area (Å²) in [4.78, 5) is 13.2. The van der Waals surface area contributed by atoms with Crippen LogP contribution in [0.25, 0.3) is 10.4 Å². The molecule has 6 nitrogen and oxygen atoms in total. The molecule has 6 heteroatoms. The number of rotatable bonds is 2. The number of nitrogens with zero attached hydrogens (tertiary/aromatic N) is 3. The van der Waals surface area contributed by atoms with Crippen molar-refractivity contribution in [2.45, 2.75) is 0 Å². The zero-order valence-electron chi connectivity index (χ0n) is 8.21. The molecule has 0 bridgehead atoms. The van der Waals surface area contributed by atoms with E-state index < -0.39 is 5.97 Å². The van der Waals surface area contributed by atoms with Gasteiger partial charge in [-0.3, -0.25) is 0 Å². The molecule has 16 heavy (non-hydrogen) atoms. The van der Waals surface area contributed by atoms with E-state index in [0.717, 1.165) is 0 Å². The fraction of sp³-hybridized carbons (Fsp3) is 0.100. The number of carbonyl (C=O) groups is 1. The molecule has 0 atom stereocenters. The van der Waals surface area contributed by atoms with E-state index in [-0.39, 0.29) is 17.8 Å². The number of nitrogens with two attached hydrogens (primary N) is 1. The van der Waals surface area contributed by atoms with Gasteiger partial charge in [-0.2, -0.15) is 0 Å². The monoisotopic (exact) mass is 216 g/mol. The molecule has 1 aromatic rings. The summed E-state index contributed by atoms with van der Waals surface area (Å²) in [6.45, 7) is 0.0522. The first-order chi connectivity index (χ1) is 7.65. The highest BCUT2D eigenvalue weighted by Gasteiger charge is 2.04. The van der Waals surface area contributed by atoms with E-state index in [9.17, 15) is 4.79 Å². The highest BCUT2D eigenvalue weighted by molar-refractivity contribution is 5.89. The van der Waals surface area contributed by atoms with Crippen LogP contribution < -0.4 is 5.73 Å². The predicted octanol–water partition coefficient (Wildman–Crippen LogP) is 1.63. The van der Waals surface area contributed by atoms with Gasteiger partial charge in [-0.1, -0.05) is 17.0 Å². The fourth-order valence-corrected chi connectivity index (χ4v) is 1.01. The molecule has 0 aromatic heterocycles. The molecule has 0 unspecified atom stereocenters. The lowest BCUT2D eigenvalue weighted by Crippen LogP contribution is -1.99. The summed E-state index contributed by atoms with van der Waals surface area (Å²) in [5.74, 6) is 4.23. The lowest BCUT2D eigenvalue weighted by atomic mass is 10.1. The van der Waals surface area contributed by atoms with Gasteiger partial charge in [-0.15, -0.1) is 0 Å². The van der Waals surface area contributed by atoms with Crippen molar-refractivity contribution in [2.24, 2.45) is 5.11 Å². The molecule has 0 saturated heterocycles. The van der Waals surface area contributed by atoms with Gasteiger partial charge >= 0.3 is 5.97 Å². The Hall–Kier alpha value is -2.64. The lowest BCUT2D eigenvalue weighted by molar-refractivity contribution is 0.0697. The smallest absolute Gasteiger partial charge is 0.335 e. The average molecular weight is 216 g/mol. The second-order valence-corrected chi connectivity index (χ2v) is 2.80. The van der Waals surface area contributed by atoms with Crippen molar-refractivity contribution in [1.29, 1.82) is 0 Å². The Morgan fingerprint density at radius 1 is 1.62 bits per heavy atom. The van der Waals surface area contributed by atoms with Crippen LogP contribution in [0, 0.1) is 11.8 Å². The van der Waals surface area contributed by atoms with E-state index in [0.29, 0.717) is 5.56 Å². The first kappa shape index (κ1) is 11.4. The zero-order valence-corrected chi connectivity index (χ0v) is 8.21. The molecule has 0 spiro atoms. The molecule has 1 aromatic carbocycles. The Balaban J connectivity index is 2.93. The highest BCUT2D eigenvalue weighted by Crippen LogP contribution is 2.13. The van der Waals surface area contributed by atoms with Crippen LogP contribution in [-0.4, -0.2) is 17.6 Å². The van der Waals surface area contributed by atoms with Gasteiger partial charge < -0.3 is 10.8 Å². The molecule has 0 radical (unpaired) electrons. The van der Waals surface area contributed by atoms with Crippen LogP contribution in [-0.2, 0) is 0 Å². The summed E-state index contributed by atoms with van der Waals surface area (Å²) >= 11 is 0. The normalized spacial score (nSPS) is 8.50. The van der Waals surface area contributed by atoms with Crippen LogP contribution in [0.1, 0.15) is 15.9 Å². The van der Waals surface area contributed by atoms with E-state index in [1.54, 1.807) is 0 Å². The van der Waals surface area contributed by atoms with Gasteiger partial charge in [-0.25, -0.2) is 4.79 Å². The summed E-state index contributed by atoms with van der Waals surface area (Å²) in [7, 11) is 0. The molecular weight excluding hydrogens is 208 g/mol. The van der Waals surface area contributed by atoms with Crippen molar-refractivity contribution in [3.8, 4) is 11.8 Å². The standard InChI is InChI=1S/C10H8N4O2/c11-9-6-8(10(15)16)4-3-7(9)2-1-5-13-14-12/h3-4,6H,5,11H2,(H,15,16). The fourth-order valence-electron chi connectivity index (χ4n) is 1.01. The minimum Gasteiger partial charge on any atom is -0.478 e. The third kappa shape index (κ3) is 2.94. The third-order valence-corrected chi connectivity index (χ3v) is 1.73. The molecule has 0 aliphatic carbocycles. The maximum Gasteiger partial charge on any atom is 0.335 e. The molecule has 0 amide bonds. The second kappa shape index (κ2) is 5.29. The zero-order chi connectivity index (χ0) is 12.0. The Morgan fingerprint density at radius 3 is 2.94 bits per heavy atom. The molecule has 3 N–H and O–H groups in total. The highest BCUT2D eigenvalue weighted by atomic mass is 16.4. The van der Waals surface area contributed by atoms with Gasteiger partial charge in [0.15, 0.2) is 0 Å². The number of azide groups is 1. The van der Waals surface area contributed by atoms with Crippen molar-refractivity contribution in [2.75, 3.05) is 12.3 Å². The third-order valence-electron chi connectivity index (χ3n) is 1.73. The van der Waals surface area contributed by atoms with Crippen molar-refractivity contribution in [1.82, 2.24) is 0 Å². The van der Waals surface area contributed by atoms with Crippen LogP contribution in [0.15, 0.2) is 23.3 Å². The van der Waals surface area contributed by atoms with E-state index in [1.165, 1.54) is 18.2 Å². The molecule has 0 aliphatic heterocycles. The van der Waals surface area contributed by atoms with Gasteiger partial charge in [0.05, 0.1) is 12.1 Å². The van der Waals surface area contributed by atoms with Crippen molar-refractivity contribution in [3.05, 3.63) is 39.8 Å². The van der Waals surface area contributed by atoms with Crippen LogP contribution in [0.2, 0.25) is 0 Å². The number of carboxylic acid groups (broad SMARTS) is 1. The Morgan fingerprint density at radius 2 is 2.38 bits per heavy atom.